The lowest BCUT2D eigenvalue weighted by molar-refractivity contribution is -0.147. The van der Waals surface area contributed by atoms with Crippen LogP contribution < -0.4 is 5.32 Å². The van der Waals surface area contributed by atoms with Crippen LogP contribution in [-0.2, 0) is 9.53 Å². The Labute approximate surface area is 85.5 Å². The third kappa shape index (κ3) is 1.98. The maximum Gasteiger partial charge on any atom is 0.326 e. The van der Waals surface area contributed by atoms with Crippen LogP contribution in [0.3, 0.4) is 0 Å². The molecule has 0 heterocycles. The zero-order valence-corrected chi connectivity index (χ0v) is 9.17. The average Bonchev–Trinajstić information content (AvgIpc) is 2.79. The van der Waals surface area contributed by atoms with E-state index in [9.17, 15) is 4.79 Å². The normalized spacial score (nSPS) is 30.1. The molecule has 2 unspecified atom stereocenters. The first-order chi connectivity index (χ1) is 6.56. The van der Waals surface area contributed by atoms with Crippen molar-refractivity contribution in [3.8, 4) is 0 Å². The summed E-state index contributed by atoms with van der Waals surface area (Å²) in [6.45, 7) is 10.0. The fourth-order valence-electron chi connectivity index (χ4n) is 1.81. The predicted octanol–water partition coefficient (Wildman–Crippen LogP) is 1.49. The molecule has 0 spiro atoms. The third-order valence-electron chi connectivity index (χ3n) is 2.49. The highest BCUT2D eigenvalue weighted by Gasteiger charge is 2.59. The van der Waals surface area contributed by atoms with Gasteiger partial charge in [0.1, 0.15) is 5.54 Å². The molecule has 3 nitrogen and oxygen atoms in total. The van der Waals surface area contributed by atoms with Gasteiger partial charge in [-0.1, -0.05) is 6.08 Å². The molecule has 1 aliphatic carbocycles. The van der Waals surface area contributed by atoms with Crippen molar-refractivity contribution >= 4 is 5.97 Å². The van der Waals surface area contributed by atoms with Gasteiger partial charge in [-0.05, 0) is 27.2 Å². The lowest BCUT2D eigenvalue weighted by atomic mass is 10.1. The molecule has 1 rings (SSSR count). The minimum absolute atomic E-state index is 0.140. The van der Waals surface area contributed by atoms with Crippen molar-refractivity contribution < 1.29 is 9.53 Å². The molecule has 1 saturated carbocycles. The zero-order valence-electron chi connectivity index (χ0n) is 9.17. The van der Waals surface area contributed by atoms with Crippen molar-refractivity contribution in [2.24, 2.45) is 5.92 Å². The highest BCUT2D eigenvalue weighted by molar-refractivity contribution is 5.85. The van der Waals surface area contributed by atoms with E-state index in [0.29, 0.717) is 6.61 Å². The number of hydrogen-bond acceptors (Lipinski definition) is 3. The molecule has 0 aromatic rings. The lowest BCUT2D eigenvalue weighted by Gasteiger charge is -2.19. The van der Waals surface area contributed by atoms with E-state index >= 15 is 0 Å². The Morgan fingerprint density at radius 2 is 2.43 bits per heavy atom. The summed E-state index contributed by atoms with van der Waals surface area (Å²) in [5, 5.41) is 3.27. The number of ether oxygens (including phenoxy) is 1. The number of nitrogens with one attached hydrogen (secondary N) is 1. The minimum atomic E-state index is -0.480. The van der Waals surface area contributed by atoms with Crippen LogP contribution in [-0.4, -0.2) is 24.2 Å². The fourth-order valence-corrected chi connectivity index (χ4v) is 1.81. The van der Waals surface area contributed by atoms with Crippen molar-refractivity contribution in [1.82, 2.24) is 5.32 Å². The Kier molecular flexibility index (Phi) is 3.32. The van der Waals surface area contributed by atoms with Crippen molar-refractivity contribution in [1.29, 1.82) is 0 Å². The SMILES string of the molecule is C=CC1CC1(NC(C)C)C(=O)OCC. The van der Waals surface area contributed by atoms with E-state index in [1.54, 1.807) is 0 Å². The van der Waals surface area contributed by atoms with E-state index in [1.807, 2.05) is 26.8 Å². The van der Waals surface area contributed by atoms with Crippen LogP contribution in [0, 0.1) is 5.92 Å². The number of carbonyl (C=O) groups excluding carboxylic acids is 1. The van der Waals surface area contributed by atoms with Crippen molar-refractivity contribution in [3.05, 3.63) is 12.7 Å². The van der Waals surface area contributed by atoms with Gasteiger partial charge >= 0.3 is 5.97 Å². The minimum Gasteiger partial charge on any atom is -0.465 e. The Morgan fingerprint density at radius 3 is 2.79 bits per heavy atom. The molecular formula is C11H19NO2. The van der Waals surface area contributed by atoms with Gasteiger partial charge in [0.15, 0.2) is 0 Å². The van der Waals surface area contributed by atoms with Gasteiger partial charge in [-0.25, -0.2) is 0 Å². The molecule has 0 saturated heterocycles. The molecule has 1 fully saturated rings. The molecule has 2 atom stereocenters. The highest BCUT2D eigenvalue weighted by Crippen LogP contribution is 2.45. The second kappa shape index (κ2) is 4.13. The molecule has 3 heteroatoms. The standard InChI is InChI=1S/C11H19NO2/c1-5-9-7-11(9,12-8(3)4)10(13)14-6-2/h5,8-9,12H,1,6-7H2,2-4H3. The van der Waals surface area contributed by atoms with Crippen LogP contribution in [0.5, 0.6) is 0 Å². The van der Waals surface area contributed by atoms with E-state index in [-0.39, 0.29) is 17.9 Å². The highest BCUT2D eigenvalue weighted by atomic mass is 16.5. The van der Waals surface area contributed by atoms with Crippen molar-refractivity contribution in [2.75, 3.05) is 6.61 Å². The number of esters is 1. The van der Waals surface area contributed by atoms with E-state index in [0.717, 1.165) is 6.42 Å². The first kappa shape index (κ1) is 11.2. The molecular weight excluding hydrogens is 178 g/mol. The summed E-state index contributed by atoms with van der Waals surface area (Å²) in [6, 6.07) is 0.282. The van der Waals surface area contributed by atoms with Crippen LogP contribution >= 0.6 is 0 Å². The van der Waals surface area contributed by atoms with E-state index in [1.165, 1.54) is 0 Å². The molecule has 1 N–H and O–H groups in total. The van der Waals surface area contributed by atoms with Gasteiger partial charge < -0.3 is 4.74 Å². The van der Waals surface area contributed by atoms with Crippen LogP contribution in [0.4, 0.5) is 0 Å². The Hall–Kier alpha value is -0.830. The molecule has 0 aromatic heterocycles. The zero-order chi connectivity index (χ0) is 10.8. The quantitative estimate of drug-likeness (QED) is 0.536. The maximum atomic E-state index is 11.7. The van der Waals surface area contributed by atoms with Gasteiger partial charge in [-0.2, -0.15) is 0 Å². The van der Waals surface area contributed by atoms with Crippen LogP contribution in [0.2, 0.25) is 0 Å². The summed E-state index contributed by atoms with van der Waals surface area (Å²) in [5.41, 5.74) is -0.480. The maximum absolute atomic E-state index is 11.7. The summed E-state index contributed by atoms with van der Waals surface area (Å²) in [6.07, 6.45) is 2.64. The topological polar surface area (TPSA) is 38.3 Å². The molecule has 0 aliphatic heterocycles. The first-order valence-electron chi connectivity index (χ1n) is 5.14. The van der Waals surface area contributed by atoms with Gasteiger partial charge in [-0.15, -0.1) is 6.58 Å². The molecule has 0 aromatic carbocycles. The van der Waals surface area contributed by atoms with Gasteiger partial charge in [0, 0.05) is 12.0 Å². The number of hydrogen-bond donors (Lipinski definition) is 1. The first-order valence-corrected chi connectivity index (χ1v) is 5.14. The van der Waals surface area contributed by atoms with Crippen molar-refractivity contribution in [2.45, 2.75) is 38.8 Å². The molecule has 1 aliphatic rings. The average molecular weight is 197 g/mol. The Morgan fingerprint density at radius 1 is 1.79 bits per heavy atom. The van der Waals surface area contributed by atoms with Crippen LogP contribution in [0.25, 0.3) is 0 Å². The number of rotatable bonds is 5. The third-order valence-corrected chi connectivity index (χ3v) is 2.49. The Balaban J connectivity index is 2.65. The van der Waals surface area contributed by atoms with Crippen LogP contribution in [0.15, 0.2) is 12.7 Å². The van der Waals surface area contributed by atoms with Gasteiger partial charge in [0.05, 0.1) is 6.61 Å². The monoisotopic (exact) mass is 197 g/mol. The van der Waals surface area contributed by atoms with Gasteiger partial charge in [-0.3, -0.25) is 10.1 Å². The largest absolute Gasteiger partial charge is 0.465 e. The summed E-state index contributed by atoms with van der Waals surface area (Å²) >= 11 is 0. The molecule has 14 heavy (non-hydrogen) atoms. The van der Waals surface area contributed by atoms with Crippen LogP contribution in [0.1, 0.15) is 27.2 Å². The second-order valence-electron chi connectivity index (χ2n) is 4.04. The summed E-state index contributed by atoms with van der Waals surface area (Å²) in [7, 11) is 0. The van der Waals surface area contributed by atoms with Gasteiger partial charge in [0.25, 0.3) is 0 Å². The van der Waals surface area contributed by atoms with Gasteiger partial charge in [0.2, 0.25) is 0 Å². The fraction of sp³-hybridized carbons (Fsp3) is 0.727. The molecule has 0 bridgehead atoms. The van der Waals surface area contributed by atoms with E-state index in [2.05, 4.69) is 11.9 Å². The van der Waals surface area contributed by atoms with Crippen molar-refractivity contribution in [3.63, 3.8) is 0 Å². The van der Waals surface area contributed by atoms with E-state index in [4.69, 9.17) is 4.74 Å². The summed E-state index contributed by atoms with van der Waals surface area (Å²) < 4.78 is 5.05. The second-order valence-corrected chi connectivity index (χ2v) is 4.04. The predicted molar refractivity (Wildman–Crippen MR) is 55.9 cm³/mol. The summed E-state index contributed by atoms with van der Waals surface area (Å²) in [5.74, 6) is 0.0857. The molecule has 0 amide bonds. The number of carbonyl (C=O) groups is 1. The Bertz CT molecular complexity index is 237. The summed E-state index contributed by atoms with van der Waals surface area (Å²) in [4.78, 5) is 11.7. The lowest BCUT2D eigenvalue weighted by Crippen LogP contribution is -2.45. The van der Waals surface area contributed by atoms with E-state index < -0.39 is 5.54 Å². The smallest absolute Gasteiger partial charge is 0.326 e. The molecule has 0 radical (unpaired) electrons. The molecule has 80 valence electrons.